The second-order valence-corrected chi connectivity index (χ2v) is 9.57. The van der Waals surface area contributed by atoms with Crippen LogP contribution in [0.1, 0.15) is 28.3 Å². The first-order chi connectivity index (χ1) is 17.3. The van der Waals surface area contributed by atoms with Gasteiger partial charge in [0.05, 0.1) is 30.0 Å². The number of thiazole rings is 1. The highest BCUT2D eigenvalue weighted by molar-refractivity contribution is 7.22. The molecule has 0 saturated carbocycles. The van der Waals surface area contributed by atoms with E-state index in [1.807, 2.05) is 32.0 Å². The van der Waals surface area contributed by atoms with Gasteiger partial charge in [-0.25, -0.2) is 4.98 Å². The number of aromatic nitrogens is 1. The van der Waals surface area contributed by atoms with Crippen molar-refractivity contribution in [2.75, 3.05) is 19.1 Å². The number of aliphatic hydroxyl groups excluding tert-OH is 1. The average molecular weight is 501 g/mol. The van der Waals surface area contributed by atoms with E-state index in [9.17, 15) is 14.7 Å². The summed E-state index contributed by atoms with van der Waals surface area (Å²) in [5.41, 5.74) is 3.78. The molecule has 1 N–H and O–H groups in total. The van der Waals surface area contributed by atoms with Gasteiger partial charge in [-0.15, -0.1) is 0 Å². The van der Waals surface area contributed by atoms with E-state index in [4.69, 9.17) is 14.5 Å². The van der Waals surface area contributed by atoms with E-state index >= 15 is 0 Å². The molecule has 2 heterocycles. The Kier molecular flexibility index (Phi) is 5.97. The van der Waals surface area contributed by atoms with Crippen molar-refractivity contribution in [3.8, 4) is 11.5 Å². The number of fused-ring (bicyclic) bond motifs is 1. The van der Waals surface area contributed by atoms with Crippen LogP contribution >= 0.6 is 11.3 Å². The van der Waals surface area contributed by atoms with Crippen LogP contribution in [0.15, 0.2) is 66.2 Å². The predicted molar refractivity (Wildman–Crippen MR) is 140 cm³/mol. The van der Waals surface area contributed by atoms with Gasteiger partial charge in [-0.2, -0.15) is 0 Å². The molecule has 0 unspecified atom stereocenters. The first kappa shape index (κ1) is 23.6. The first-order valence-corrected chi connectivity index (χ1v) is 12.1. The number of methoxy groups -OCH3 is 2. The molecule has 0 bridgehead atoms. The van der Waals surface area contributed by atoms with Crippen molar-refractivity contribution in [3.05, 3.63) is 88.5 Å². The number of ketones is 1. The third-order valence-electron chi connectivity index (χ3n) is 6.27. The fraction of sp³-hybridized carbons (Fsp3) is 0.179. The van der Waals surface area contributed by atoms with Crippen molar-refractivity contribution in [3.63, 3.8) is 0 Å². The molecule has 36 heavy (non-hydrogen) atoms. The van der Waals surface area contributed by atoms with Crippen molar-refractivity contribution < 1.29 is 24.2 Å². The molecule has 7 nitrogen and oxygen atoms in total. The molecule has 182 valence electrons. The SMILES string of the molecule is COc1ccc(C(O)=C2C(=O)C(=O)N(c3nc4c(C)cc(C)cc4s3)[C@@H]2c2ccccc2OC)cc1. The van der Waals surface area contributed by atoms with Crippen LogP contribution in [0.2, 0.25) is 0 Å². The van der Waals surface area contributed by atoms with E-state index in [2.05, 4.69) is 0 Å². The Hall–Kier alpha value is -4.17. The lowest BCUT2D eigenvalue weighted by atomic mass is 9.94. The summed E-state index contributed by atoms with van der Waals surface area (Å²) in [4.78, 5) is 33.1. The van der Waals surface area contributed by atoms with Crippen molar-refractivity contribution >= 4 is 44.1 Å². The summed E-state index contributed by atoms with van der Waals surface area (Å²) in [6.45, 7) is 3.97. The maximum absolute atomic E-state index is 13.5. The molecule has 1 atom stereocenters. The molecule has 5 rings (SSSR count). The molecule has 0 spiro atoms. The minimum absolute atomic E-state index is 0.0261. The van der Waals surface area contributed by atoms with Gasteiger partial charge in [-0.1, -0.05) is 35.6 Å². The highest BCUT2D eigenvalue weighted by Gasteiger charge is 2.49. The fourth-order valence-corrected chi connectivity index (χ4v) is 5.75. The Bertz CT molecular complexity index is 1540. The van der Waals surface area contributed by atoms with Gasteiger partial charge in [0, 0.05) is 11.1 Å². The van der Waals surface area contributed by atoms with Crippen LogP contribution in [0.3, 0.4) is 0 Å². The second kappa shape index (κ2) is 9.13. The Morgan fingerprint density at radius 3 is 2.42 bits per heavy atom. The number of aryl methyl sites for hydroxylation is 2. The Labute approximate surface area is 212 Å². The number of nitrogens with zero attached hydrogens (tertiary/aromatic N) is 2. The van der Waals surface area contributed by atoms with E-state index in [0.717, 1.165) is 21.3 Å². The van der Waals surface area contributed by atoms with Gasteiger partial charge in [0.25, 0.3) is 5.78 Å². The quantitative estimate of drug-likeness (QED) is 0.219. The average Bonchev–Trinajstić information content (AvgIpc) is 3.42. The van der Waals surface area contributed by atoms with Crippen LogP contribution in [0.4, 0.5) is 5.13 Å². The number of para-hydroxylation sites is 1. The monoisotopic (exact) mass is 500 g/mol. The number of hydrogen-bond donors (Lipinski definition) is 1. The number of hydrogen-bond acceptors (Lipinski definition) is 7. The lowest BCUT2D eigenvalue weighted by molar-refractivity contribution is -0.132. The number of carbonyl (C=O) groups is 2. The normalized spacial score (nSPS) is 17.1. The third-order valence-corrected chi connectivity index (χ3v) is 7.27. The molecule has 1 aliphatic heterocycles. The lowest BCUT2D eigenvalue weighted by Gasteiger charge is -2.24. The van der Waals surface area contributed by atoms with Crippen molar-refractivity contribution in [1.29, 1.82) is 0 Å². The van der Waals surface area contributed by atoms with Crippen LogP contribution in [-0.2, 0) is 9.59 Å². The molecular weight excluding hydrogens is 476 g/mol. The van der Waals surface area contributed by atoms with Crippen LogP contribution in [0.5, 0.6) is 11.5 Å². The van der Waals surface area contributed by atoms with Gasteiger partial charge in [0.15, 0.2) is 5.13 Å². The van der Waals surface area contributed by atoms with E-state index < -0.39 is 17.7 Å². The van der Waals surface area contributed by atoms with Crippen molar-refractivity contribution in [2.45, 2.75) is 19.9 Å². The Balaban J connectivity index is 1.75. The summed E-state index contributed by atoms with van der Waals surface area (Å²) in [5.74, 6) is -0.722. The summed E-state index contributed by atoms with van der Waals surface area (Å²) >= 11 is 1.34. The lowest BCUT2D eigenvalue weighted by Crippen LogP contribution is -2.29. The molecule has 1 aromatic heterocycles. The molecule has 1 saturated heterocycles. The zero-order valence-corrected chi connectivity index (χ0v) is 21.1. The number of Topliss-reactive ketones (excluding diaryl/α,β-unsaturated/α-hetero) is 1. The van der Waals surface area contributed by atoms with Crippen LogP contribution in [0, 0.1) is 13.8 Å². The van der Waals surface area contributed by atoms with Gasteiger partial charge >= 0.3 is 5.91 Å². The Morgan fingerprint density at radius 1 is 1.00 bits per heavy atom. The van der Waals surface area contributed by atoms with Crippen molar-refractivity contribution in [1.82, 2.24) is 4.98 Å². The predicted octanol–water partition coefficient (Wildman–Crippen LogP) is 5.56. The van der Waals surface area contributed by atoms with Crippen LogP contribution in [0.25, 0.3) is 16.0 Å². The third kappa shape index (κ3) is 3.79. The summed E-state index contributed by atoms with van der Waals surface area (Å²) < 4.78 is 11.7. The van der Waals surface area contributed by atoms with Crippen LogP contribution in [-0.4, -0.2) is 36.0 Å². The zero-order valence-electron chi connectivity index (χ0n) is 20.2. The van der Waals surface area contributed by atoms with E-state index in [-0.39, 0.29) is 11.3 Å². The minimum Gasteiger partial charge on any atom is -0.507 e. The molecule has 0 radical (unpaired) electrons. The van der Waals surface area contributed by atoms with E-state index in [0.29, 0.717) is 27.8 Å². The molecule has 1 fully saturated rings. The molecule has 4 aromatic rings. The van der Waals surface area contributed by atoms with Gasteiger partial charge in [0.2, 0.25) is 0 Å². The largest absolute Gasteiger partial charge is 0.507 e. The minimum atomic E-state index is -0.926. The molecule has 0 aliphatic carbocycles. The van der Waals surface area contributed by atoms with Gasteiger partial charge in [-0.05, 0) is 61.4 Å². The van der Waals surface area contributed by atoms with E-state index in [1.54, 1.807) is 49.6 Å². The second-order valence-electron chi connectivity index (χ2n) is 8.56. The standard InChI is InChI=1S/C28H24N2O5S/c1-15-13-16(2)23-21(14-15)36-28(29-23)30-24(19-7-5-6-8-20(19)35-4)22(26(32)27(30)33)25(31)17-9-11-18(34-3)12-10-17/h5-14,24,31H,1-4H3/t24-/m1/s1. The van der Waals surface area contributed by atoms with Gasteiger partial charge in [-0.3, -0.25) is 14.5 Å². The highest BCUT2D eigenvalue weighted by atomic mass is 32.1. The number of aliphatic hydroxyl groups is 1. The van der Waals surface area contributed by atoms with E-state index in [1.165, 1.54) is 23.3 Å². The zero-order chi connectivity index (χ0) is 25.6. The number of amides is 1. The smallest absolute Gasteiger partial charge is 0.301 e. The summed E-state index contributed by atoms with van der Waals surface area (Å²) in [6.07, 6.45) is 0. The fourth-order valence-electron chi connectivity index (χ4n) is 4.58. The Morgan fingerprint density at radius 2 is 1.72 bits per heavy atom. The number of ether oxygens (including phenoxy) is 2. The topological polar surface area (TPSA) is 89.0 Å². The highest BCUT2D eigenvalue weighted by Crippen LogP contribution is 2.46. The summed E-state index contributed by atoms with van der Waals surface area (Å²) in [7, 11) is 3.07. The molecule has 1 aliphatic rings. The summed E-state index contributed by atoms with van der Waals surface area (Å²) in [6, 6.07) is 16.9. The number of carbonyl (C=O) groups excluding carboxylic acids is 2. The van der Waals surface area contributed by atoms with Crippen molar-refractivity contribution in [2.24, 2.45) is 0 Å². The molecule has 3 aromatic carbocycles. The maximum Gasteiger partial charge on any atom is 0.301 e. The maximum atomic E-state index is 13.5. The molecular formula is C28H24N2O5S. The first-order valence-electron chi connectivity index (χ1n) is 11.3. The number of anilines is 1. The number of rotatable bonds is 5. The van der Waals surface area contributed by atoms with Crippen LogP contribution < -0.4 is 14.4 Å². The van der Waals surface area contributed by atoms with Gasteiger partial charge in [0.1, 0.15) is 23.3 Å². The molecule has 8 heteroatoms. The van der Waals surface area contributed by atoms with Gasteiger partial charge < -0.3 is 14.6 Å². The molecule has 1 amide bonds. The summed E-state index contributed by atoms with van der Waals surface area (Å²) in [5, 5.41) is 11.7. The number of benzene rings is 3.